The Kier molecular flexibility index (Phi) is 2.76. The van der Waals surface area contributed by atoms with Crippen LogP contribution in [-0.4, -0.2) is 47.3 Å². The SMILES string of the molecule is O=C1C=C2C=C[C@H](CO)N3CCCC[C@@H]3[C@@H]2O1. The third-order valence-corrected chi connectivity index (χ3v) is 3.92. The minimum Gasteiger partial charge on any atom is -0.453 e. The zero-order chi connectivity index (χ0) is 11.8. The highest BCUT2D eigenvalue weighted by Gasteiger charge is 2.40. The summed E-state index contributed by atoms with van der Waals surface area (Å²) in [6.07, 6.45) is 8.74. The van der Waals surface area contributed by atoms with Crippen LogP contribution in [0.15, 0.2) is 23.8 Å². The normalized spacial score (nSPS) is 36.9. The van der Waals surface area contributed by atoms with Gasteiger partial charge in [-0.05, 0) is 19.4 Å². The molecular formula is C13H17NO3. The van der Waals surface area contributed by atoms with Crippen molar-refractivity contribution in [2.45, 2.75) is 37.5 Å². The van der Waals surface area contributed by atoms with Gasteiger partial charge in [0.05, 0.1) is 18.7 Å². The first-order valence-corrected chi connectivity index (χ1v) is 6.26. The molecule has 3 rings (SSSR count). The van der Waals surface area contributed by atoms with Crippen LogP contribution in [0.2, 0.25) is 0 Å². The summed E-state index contributed by atoms with van der Waals surface area (Å²) in [5.41, 5.74) is 0.961. The van der Waals surface area contributed by atoms with Gasteiger partial charge in [-0.25, -0.2) is 4.79 Å². The third-order valence-electron chi connectivity index (χ3n) is 3.92. The maximum Gasteiger partial charge on any atom is 0.331 e. The molecule has 3 aliphatic heterocycles. The molecule has 1 N–H and O–H groups in total. The van der Waals surface area contributed by atoms with Crippen LogP contribution in [0.3, 0.4) is 0 Å². The van der Waals surface area contributed by atoms with Crippen LogP contribution >= 0.6 is 0 Å². The molecular weight excluding hydrogens is 218 g/mol. The largest absolute Gasteiger partial charge is 0.453 e. The van der Waals surface area contributed by atoms with Crippen LogP contribution in [0, 0.1) is 0 Å². The van der Waals surface area contributed by atoms with Gasteiger partial charge in [0.15, 0.2) is 0 Å². The van der Waals surface area contributed by atoms with Gasteiger partial charge in [-0.3, -0.25) is 4.90 Å². The number of hydrogen-bond acceptors (Lipinski definition) is 4. The van der Waals surface area contributed by atoms with Crippen LogP contribution in [0.1, 0.15) is 19.3 Å². The lowest BCUT2D eigenvalue weighted by Gasteiger charge is -2.40. The second-order valence-electron chi connectivity index (χ2n) is 4.91. The number of piperidine rings is 1. The molecule has 4 nitrogen and oxygen atoms in total. The van der Waals surface area contributed by atoms with Crippen LogP contribution in [0.4, 0.5) is 0 Å². The maximum absolute atomic E-state index is 11.3. The van der Waals surface area contributed by atoms with Gasteiger partial charge in [0.25, 0.3) is 0 Å². The molecule has 0 saturated carbocycles. The molecule has 3 aliphatic rings. The van der Waals surface area contributed by atoms with Crippen molar-refractivity contribution in [2.75, 3.05) is 13.2 Å². The number of carbonyl (C=O) groups excluding carboxylic acids is 1. The fourth-order valence-electron chi connectivity index (χ4n) is 3.10. The molecule has 1 fully saturated rings. The van der Waals surface area contributed by atoms with E-state index >= 15 is 0 Å². The summed E-state index contributed by atoms with van der Waals surface area (Å²) < 4.78 is 5.40. The number of hydrogen-bond donors (Lipinski definition) is 1. The van der Waals surface area contributed by atoms with E-state index in [1.54, 1.807) is 6.08 Å². The number of rotatable bonds is 1. The fourth-order valence-corrected chi connectivity index (χ4v) is 3.10. The van der Waals surface area contributed by atoms with E-state index in [2.05, 4.69) is 4.90 Å². The van der Waals surface area contributed by atoms with Gasteiger partial charge in [-0.15, -0.1) is 0 Å². The van der Waals surface area contributed by atoms with Gasteiger partial charge in [0.1, 0.15) is 6.10 Å². The lowest BCUT2D eigenvalue weighted by Crippen LogP contribution is -2.51. The topological polar surface area (TPSA) is 49.8 Å². The molecule has 0 amide bonds. The van der Waals surface area contributed by atoms with Crippen molar-refractivity contribution < 1.29 is 14.6 Å². The Morgan fingerprint density at radius 2 is 2.35 bits per heavy atom. The van der Waals surface area contributed by atoms with E-state index in [1.165, 1.54) is 6.42 Å². The summed E-state index contributed by atoms with van der Waals surface area (Å²) in [6.45, 7) is 1.10. The Morgan fingerprint density at radius 1 is 1.47 bits per heavy atom. The molecule has 0 aromatic carbocycles. The van der Waals surface area contributed by atoms with E-state index in [9.17, 15) is 9.90 Å². The van der Waals surface area contributed by atoms with Gasteiger partial charge in [0.2, 0.25) is 0 Å². The Balaban J connectivity index is 1.95. The molecule has 4 heteroatoms. The summed E-state index contributed by atoms with van der Waals surface area (Å²) in [4.78, 5) is 13.6. The summed E-state index contributed by atoms with van der Waals surface area (Å²) in [5, 5.41) is 9.45. The van der Waals surface area contributed by atoms with Crippen molar-refractivity contribution in [3.63, 3.8) is 0 Å². The summed E-state index contributed by atoms with van der Waals surface area (Å²) in [7, 11) is 0. The average molecular weight is 235 g/mol. The molecule has 0 spiro atoms. The van der Waals surface area contributed by atoms with Gasteiger partial charge in [-0.2, -0.15) is 0 Å². The molecule has 3 heterocycles. The lowest BCUT2D eigenvalue weighted by molar-refractivity contribution is -0.142. The van der Waals surface area contributed by atoms with Crippen LogP contribution in [0.25, 0.3) is 0 Å². The lowest BCUT2D eigenvalue weighted by atomic mass is 9.94. The smallest absolute Gasteiger partial charge is 0.331 e. The van der Waals surface area contributed by atoms with E-state index in [0.29, 0.717) is 0 Å². The number of esters is 1. The number of ether oxygens (including phenoxy) is 1. The number of carbonyl (C=O) groups is 1. The van der Waals surface area contributed by atoms with E-state index in [4.69, 9.17) is 4.74 Å². The van der Waals surface area contributed by atoms with Gasteiger partial charge in [-0.1, -0.05) is 18.6 Å². The Labute approximate surface area is 101 Å². The monoisotopic (exact) mass is 235 g/mol. The third kappa shape index (κ3) is 1.81. The highest BCUT2D eigenvalue weighted by molar-refractivity contribution is 5.87. The van der Waals surface area contributed by atoms with Crippen molar-refractivity contribution >= 4 is 5.97 Å². The van der Waals surface area contributed by atoms with E-state index in [1.807, 2.05) is 12.2 Å². The zero-order valence-electron chi connectivity index (χ0n) is 9.71. The second-order valence-corrected chi connectivity index (χ2v) is 4.91. The van der Waals surface area contributed by atoms with Crippen LogP contribution < -0.4 is 0 Å². The van der Waals surface area contributed by atoms with Crippen LogP contribution in [-0.2, 0) is 9.53 Å². The maximum atomic E-state index is 11.3. The molecule has 3 atom stereocenters. The summed E-state index contributed by atoms with van der Waals surface area (Å²) in [5.74, 6) is -0.234. The molecule has 17 heavy (non-hydrogen) atoms. The fraction of sp³-hybridized carbons (Fsp3) is 0.615. The quantitative estimate of drug-likeness (QED) is 0.677. The van der Waals surface area contributed by atoms with Crippen molar-refractivity contribution in [3.8, 4) is 0 Å². The highest BCUT2D eigenvalue weighted by atomic mass is 16.5. The minimum absolute atomic E-state index is 0.0607. The molecule has 0 aromatic rings. The van der Waals surface area contributed by atoms with E-state index in [0.717, 1.165) is 25.0 Å². The van der Waals surface area contributed by atoms with Crippen LogP contribution in [0.5, 0.6) is 0 Å². The van der Waals surface area contributed by atoms with Gasteiger partial charge >= 0.3 is 5.97 Å². The molecule has 1 saturated heterocycles. The average Bonchev–Trinajstić information content (AvgIpc) is 2.65. The Bertz CT molecular complexity index is 388. The second kappa shape index (κ2) is 4.27. The first kappa shape index (κ1) is 11.0. The van der Waals surface area contributed by atoms with Crippen molar-refractivity contribution in [3.05, 3.63) is 23.8 Å². The Morgan fingerprint density at radius 3 is 3.18 bits per heavy atom. The molecule has 92 valence electrons. The van der Waals surface area contributed by atoms with E-state index in [-0.39, 0.29) is 30.8 Å². The van der Waals surface area contributed by atoms with Gasteiger partial charge < -0.3 is 9.84 Å². The molecule has 0 aromatic heterocycles. The highest BCUT2D eigenvalue weighted by Crippen LogP contribution is 2.33. The zero-order valence-corrected chi connectivity index (χ0v) is 9.71. The first-order chi connectivity index (χ1) is 8.29. The minimum atomic E-state index is -0.234. The summed E-state index contributed by atoms with van der Waals surface area (Å²) >= 11 is 0. The predicted molar refractivity (Wildman–Crippen MR) is 62.3 cm³/mol. The van der Waals surface area contributed by atoms with Crippen molar-refractivity contribution in [1.29, 1.82) is 0 Å². The summed E-state index contributed by atoms with van der Waals surface area (Å²) in [6, 6.07) is 0.291. The standard InChI is InChI=1S/C13H17NO3/c15-8-10-5-4-9-7-12(16)17-13(9)11-3-1-2-6-14(10)11/h4-5,7,10-11,13,15H,1-3,6,8H2/t10-,11-,13-/m1/s1. The molecule has 0 radical (unpaired) electrons. The number of nitrogens with zero attached hydrogens (tertiary/aromatic N) is 1. The number of aliphatic hydroxyl groups excluding tert-OH is 1. The first-order valence-electron chi connectivity index (χ1n) is 6.26. The number of fused-ring (bicyclic) bond motifs is 3. The number of aliphatic hydroxyl groups is 1. The molecule has 0 bridgehead atoms. The van der Waals surface area contributed by atoms with Gasteiger partial charge in [0, 0.05) is 11.6 Å². The van der Waals surface area contributed by atoms with E-state index < -0.39 is 0 Å². The Hall–Kier alpha value is -1.13. The molecule has 0 unspecified atom stereocenters. The van der Waals surface area contributed by atoms with Crippen molar-refractivity contribution in [2.24, 2.45) is 0 Å². The predicted octanol–water partition coefficient (Wildman–Crippen LogP) is 0.623. The molecule has 0 aliphatic carbocycles. The van der Waals surface area contributed by atoms with Crippen molar-refractivity contribution in [1.82, 2.24) is 4.90 Å².